The molecule has 1 aliphatic carbocycles. The number of epoxide rings is 1. The van der Waals surface area contributed by atoms with Gasteiger partial charge in [-0.3, -0.25) is 0 Å². The Labute approximate surface area is 141 Å². The second kappa shape index (κ2) is 7.08. The van der Waals surface area contributed by atoms with Crippen LogP contribution in [0.5, 0.6) is 0 Å². The van der Waals surface area contributed by atoms with E-state index in [-0.39, 0.29) is 17.6 Å². The highest BCUT2D eigenvalue weighted by Crippen LogP contribution is 2.44. The van der Waals surface area contributed by atoms with Crippen LogP contribution in [0, 0.1) is 5.92 Å². The van der Waals surface area contributed by atoms with Gasteiger partial charge in [0.15, 0.2) is 0 Å². The van der Waals surface area contributed by atoms with Crippen molar-refractivity contribution in [1.29, 1.82) is 0 Å². The van der Waals surface area contributed by atoms with Crippen molar-refractivity contribution in [3.8, 4) is 0 Å². The van der Waals surface area contributed by atoms with Crippen LogP contribution in [0.1, 0.15) is 73.1 Å². The summed E-state index contributed by atoms with van der Waals surface area (Å²) < 4.78 is 5.85. The smallest absolute Gasteiger partial charge is 0.0948 e. The van der Waals surface area contributed by atoms with Gasteiger partial charge in [0.05, 0.1) is 23.4 Å². The number of aliphatic hydroxyl groups is 2. The molecule has 2 aliphatic rings. The average molecular weight is 322 g/mol. The van der Waals surface area contributed by atoms with Crippen molar-refractivity contribution in [2.75, 3.05) is 0 Å². The number of ether oxygens (including phenoxy) is 1. The van der Waals surface area contributed by atoms with Gasteiger partial charge in [0, 0.05) is 6.42 Å². The zero-order chi connectivity index (χ0) is 17.3. The van der Waals surface area contributed by atoms with Crippen LogP contribution < -0.4 is 0 Å². The number of hydrogen-bond acceptors (Lipinski definition) is 3. The summed E-state index contributed by atoms with van der Waals surface area (Å²) in [5.41, 5.74) is 1.74. The minimum atomic E-state index is -0.676. The van der Waals surface area contributed by atoms with Crippen molar-refractivity contribution in [2.45, 2.75) is 96.6 Å². The zero-order valence-electron chi connectivity index (χ0n) is 15.4. The molecule has 23 heavy (non-hydrogen) atoms. The summed E-state index contributed by atoms with van der Waals surface area (Å²) in [5.74, 6) is 0.239. The maximum absolute atomic E-state index is 10.4. The van der Waals surface area contributed by atoms with Gasteiger partial charge in [-0.2, -0.15) is 0 Å². The zero-order valence-corrected chi connectivity index (χ0v) is 15.4. The average Bonchev–Trinajstić information content (AvgIpc) is 3.03. The van der Waals surface area contributed by atoms with Crippen LogP contribution in [0.25, 0.3) is 0 Å². The van der Waals surface area contributed by atoms with E-state index in [2.05, 4.69) is 26.8 Å². The summed E-state index contributed by atoms with van der Waals surface area (Å²) in [4.78, 5) is 0. The first-order chi connectivity index (χ1) is 10.6. The SMILES string of the molecule is CC1=CC(O)CC2(C)OC2CCC(C)=CCC(C(C)(C)O)CC1. The summed E-state index contributed by atoms with van der Waals surface area (Å²) in [7, 11) is 0. The van der Waals surface area contributed by atoms with Crippen LogP contribution in [0.3, 0.4) is 0 Å². The maximum atomic E-state index is 10.4. The molecule has 0 amide bonds. The summed E-state index contributed by atoms with van der Waals surface area (Å²) >= 11 is 0. The molecule has 1 heterocycles. The second-order valence-electron chi connectivity index (χ2n) is 8.42. The molecule has 0 aromatic rings. The van der Waals surface area contributed by atoms with Crippen molar-refractivity contribution < 1.29 is 14.9 Å². The van der Waals surface area contributed by atoms with Gasteiger partial charge >= 0.3 is 0 Å². The number of hydrogen-bond donors (Lipinski definition) is 2. The van der Waals surface area contributed by atoms with Crippen LogP contribution >= 0.6 is 0 Å². The Bertz CT molecular complexity index is 472. The standard InChI is InChI=1S/C20H34O3/c1-14-6-9-16(19(3,4)22)10-7-15(2)12-17(21)13-20(5)18(23-20)11-8-14/h6,12,16-18,21-22H,7-11,13H2,1-5H3. The van der Waals surface area contributed by atoms with E-state index in [0.717, 1.165) is 32.1 Å². The van der Waals surface area contributed by atoms with Crippen molar-refractivity contribution in [3.63, 3.8) is 0 Å². The highest BCUT2D eigenvalue weighted by molar-refractivity contribution is 5.10. The lowest BCUT2D eigenvalue weighted by Gasteiger charge is -2.29. The Morgan fingerprint density at radius 2 is 1.83 bits per heavy atom. The van der Waals surface area contributed by atoms with Crippen molar-refractivity contribution >= 4 is 0 Å². The quantitative estimate of drug-likeness (QED) is 0.563. The first kappa shape index (κ1) is 18.7. The van der Waals surface area contributed by atoms with Gasteiger partial charge < -0.3 is 14.9 Å². The monoisotopic (exact) mass is 322 g/mol. The third-order valence-electron chi connectivity index (χ3n) is 5.56. The fourth-order valence-corrected chi connectivity index (χ4v) is 3.69. The predicted molar refractivity (Wildman–Crippen MR) is 94.3 cm³/mol. The highest BCUT2D eigenvalue weighted by atomic mass is 16.6. The van der Waals surface area contributed by atoms with E-state index >= 15 is 0 Å². The highest BCUT2D eigenvalue weighted by Gasteiger charge is 2.52. The van der Waals surface area contributed by atoms with Crippen LogP contribution in [0.4, 0.5) is 0 Å². The van der Waals surface area contributed by atoms with Crippen LogP contribution in [0.2, 0.25) is 0 Å². The van der Waals surface area contributed by atoms with E-state index in [4.69, 9.17) is 4.74 Å². The summed E-state index contributed by atoms with van der Waals surface area (Å²) in [5, 5.41) is 20.7. The number of fused-ring (bicyclic) bond motifs is 1. The van der Waals surface area contributed by atoms with Gasteiger partial charge in [0.2, 0.25) is 0 Å². The third kappa shape index (κ3) is 5.44. The molecule has 0 aromatic heterocycles. The molecular weight excluding hydrogens is 288 g/mol. The van der Waals surface area contributed by atoms with Crippen molar-refractivity contribution in [2.24, 2.45) is 5.92 Å². The minimum absolute atomic E-state index is 0.157. The largest absolute Gasteiger partial charge is 0.390 e. The lowest BCUT2D eigenvalue weighted by atomic mass is 9.82. The maximum Gasteiger partial charge on any atom is 0.0948 e. The summed E-state index contributed by atoms with van der Waals surface area (Å²) in [6, 6.07) is 0. The Morgan fingerprint density at radius 3 is 2.48 bits per heavy atom. The molecular formula is C20H34O3. The van der Waals surface area contributed by atoms with Crippen LogP contribution in [-0.2, 0) is 4.74 Å². The van der Waals surface area contributed by atoms with Gasteiger partial charge in [-0.15, -0.1) is 0 Å². The number of aliphatic hydroxyl groups excluding tert-OH is 1. The Kier molecular flexibility index (Phi) is 5.76. The first-order valence-corrected chi connectivity index (χ1v) is 9.01. The second-order valence-corrected chi connectivity index (χ2v) is 8.42. The summed E-state index contributed by atoms with van der Waals surface area (Å²) in [6.45, 7) is 10.2. The fraction of sp³-hybridized carbons (Fsp3) is 0.800. The van der Waals surface area contributed by atoms with Crippen molar-refractivity contribution in [1.82, 2.24) is 0 Å². The Hall–Kier alpha value is -0.640. The molecule has 1 aliphatic heterocycles. The van der Waals surface area contributed by atoms with Crippen LogP contribution in [0.15, 0.2) is 23.3 Å². The van der Waals surface area contributed by atoms with Gasteiger partial charge in [0.25, 0.3) is 0 Å². The molecule has 2 rings (SSSR count). The predicted octanol–water partition coefficient (Wildman–Crippen LogP) is 4.14. The van der Waals surface area contributed by atoms with E-state index in [0.29, 0.717) is 6.42 Å². The molecule has 4 unspecified atom stereocenters. The normalized spacial score (nSPS) is 37.3. The van der Waals surface area contributed by atoms with Gasteiger partial charge in [-0.25, -0.2) is 0 Å². The van der Waals surface area contributed by atoms with E-state index in [1.165, 1.54) is 11.1 Å². The lowest BCUT2D eigenvalue weighted by molar-refractivity contribution is 0.0145. The van der Waals surface area contributed by atoms with Gasteiger partial charge in [0.1, 0.15) is 0 Å². The molecule has 0 radical (unpaired) electrons. The molecule has 3 nitrogen and oxygen atoms in total. The van der Waals surface area contributed by atoms with E-state index in [9.17, 15) is 10.2 Å². The minimum Gasteiger partial charge on any atom is -0.390 e. The van der Waals surface area contributed by atoms with Crippen molar-refractivity contribution in [3.05, 3.63) is 23.3 Å². The van der Waals surface area contributed by atoms with Gasteiger partial charge in [-0.1, -0.05) is 23.3 Å². The molecule has 0 bridgehead atoms. The fourth-order valence-electron chi connectivity index (χ4n) is 3.69. The van der Waals surface area contributed by atoms with E-state index in [1.807, 2.05) is 19.9 Å². The molecule has 0 spiro atoms. The molecule has 3 heteroatoms. The summed E-state index contributed by atoms with van der Waals surface area (Å²) in [6.07, 6.45) is 9.58. The van der Waals surface area contributed by atoms with E-state index < -0.39 is 11.7 Å². The third-order valence-corrected chi connectivity index (χ3v) is 5.56. The molecule has 0 saturated carbocycles. The Morgan fingerprint density at radius 1 is 1.17 bits per heavy atom. The first-order valence-electron chi connectivity index (χ1n) is 9.01. The molecule has 1 fully saturated rings. The topological polar surface area (TPSA) is 53.0 Å². The molecule has 0 aromatic carbocycles. The van der Waals surface area contributed by atoms with E-state index in [1.54, 1.807) is 0 Å². The molecule has 2 N–H and O–H groups in total. The lowest BCUT2D eigenvalue weighted by Crippen LogP contribution is -2.30. The Balaban J connectivity index is 2.12. The van der Waals surface area contributed by atoms with Gasteiger partial charge in [-0.05, 0) is 72.6 Å². The number of rotatable bonds is 1. The molecule has 1 saturated heterocycles. The molecule has 4 atom stereocenters. The molecule has 132 valence electrons. The van der Waals surface area contributed by atoms with Crippen LogP contribution in [-0.4, -0.2) is 33.6 Å². The number of allylic oxidation sites excluding steroid dienone is 3.